The molecule has 1 aliphatic heterocycles. The van der Waals surface area contributed by atoms with Crippen molar-refractivity contribution in [1.29, 1.82) is 0 Å². The zero-order valence-corrected chi connectivity index (χ0v) is 18.4. The molecular formula is C25H22N4O2S. The van der Waals surface area contributed by atoms with Gasteiger partial charge >= 0.3 is 0 Å². The summed E-state index contributed by atoms with van der Waals surface area (Å²) < 4.78 is 7.55. The maximum Gasteiger partial charge on any atom is 0.255 e. The lowest BCUT2D eigenvalue weighted by Gasteiger charge is -2.27. The van der Waals surface area contributed by atoms with Gasteiger partial charge in [0.1, 0.15) is 5.94 Å². The van der Waals surface area contributed by atoms with E-state index in [1.54, 1.807) is 11.9 Å². The van der Waals surface area contributed by atoms with Gasteiger partial charge in [-0.05, 0) is 66.9 Å². The van der Waals surface area contributed by atoms with Crippen molar-refractivity contribution < 1.29 is 9.53 Å². The minimum atomic E-state index is -0.152. The molecule has 7 heteroatoms. The van der Waals surface area contributed by atoms with Gasteiger partial charge in [0.25, 0.3) is 5.91 Å². The fourth-order valence-corrected chi connectivity index (χ4v) is 4.39. The summed E-state index contributed by atoms with van der Waals surface area (Å²) in [7, 11) is 0. The van der Waals surface area contributed by atoms with Crippen LogP contribution in [0.4, 0.5) is 11.4 Å². The van der Waals surface area contributed by atoms with Crippen LogP contribution in [0.3, 0.4) is 0 Å². The van der Waals surface area contributed by atoms with Crippen molar-refractivity contribution in [1.82, 2.24) is 9.97 Å². The maximum absolute atomic E-state index is 12.8. The smallest absolute Gasteiger partial charge is 0.255 e. The standard InChI is InChI=1S/C25H22N4O2S/c1-17-6-9-20(14-22(17)24-26-15-19-4-2-3-5-23(19)28-24)27-25(30)18-7-10-21(11-8-18)29-12-13-31-16-32-29/h2-11,14-15H,12-13,16H2,1H3,(H,27,30). The van der Waals surface area contributed by atoms with E-state index in [2.05, 4.69) is 14.6 Å². The molecule has 0 saturated carbocycles. The summed E-state index contributed by atoms with van der Waals surface area (Å²) in [5, 5.41) is 4.00. The molecule has 0 radical (unpaired) electrons. The first kappa shape index (κ1) is 20.5. The number of carbonyl (C=O) groups excluding carboxylic acids is 1. The SMILES string of the molecule is Cc1ccc(NC(=O)c2ccc(N3CCOCS3)cc2)cc1-c1ncc2ccccc2n1. The van der Waals surface area contributed by atoms with Crippen LogP contribution in [-0.4, -0.2) is 35.0 Å². The van der Waals surface area contributed by atoms with Gasteiger partial charge in [0.15, 0.2) is 5.82 Å². The normalized spacial score (nSPS) is 13.8. The Hall–Kier alpha value is -3.42. The number of carbonyl (C=O) groups is 1. The predicted octanol–water partition coefficient (Wildman–Crippen LogP) is 5.30. The fourth-order valence-electron chi connectivity index (χ4n) is 3.60. The molecule has 0 atom stereocenters. The molecular weight excluding hydrogens is 420 g/mol. The summed E-state index contributed by atoms with van der Waals surface area (Å²) >= 11 is 1.63. The number of ether oxygens (including phenoxy) is 1. The Balaban J connectivity index is 1.35. The molecule has 1 aliphatic rings. The van der Waals surface area contributed by atoms with E-state index >= 15 is 0 Å². The average Bonchev–Trinajstić information content (AvgIpc) is 2.85. The van der Waals surface area contributed by atoms with E-state index in [0.29, 0.717) is 29.6 Å². The third kappa shape index (κ3) is 4.30. The van der Waals surface area contributed by atoms with Crippen LogP contribution in [0.1, 0.15) is 15.9 Å². The highest BCUT2D eigenvalue weighted by molar-refractivity contribution is 8.00. The van der Waals surface area contributed by atoms with Crippen molar-refractivity contribution in [2.24, 2.45) is 0 Å². The Labute approximate surface area is 190 Å². The number of amides is 1. The van der Waals surface area contributed by atoms with E-state index in [4.69, 9.17) is 9.72 Å². The van der Waals surface area contributed by atoms with E-state index in [0.717, 1.165) is 34.3 Å². The molecule has 1 saturated heterocycles. The van der Waals surface area contributed by atoms with Crippen LogP contribution in [0, 0.1) is 6.92 Å². The van der Waals surface area contributed by atoms with Gasteiger partial charge in [-0.1, -0.05) is 24.3 Å². The fraction of sp³-hybridized carbons (Fsp3) is 0.160. The number of anilines is 2. The Kier molecular flexibility index (Phi) is 5.75. The first-order valence-corrected chi connectivity index (χ1v) is 11.3. The molecule has 6 nitrogen and oxygen atoms in total. The lowest BCUT2D eigenvalue weighted by atomic mass is 10.1. The number of hydrogen-bond acceptors (Lipinski definition) is 6. The third-order valence-electron chi connectivity index (χ3n) is 5.37. The Morgan fingerprint density at radius 1 is 1.09 bits per heavy atom. The molecule has 0 aliphatic carbocycles. The van der Waals surface area contributed by atoms with Crippen LogP contribution in [0.15, 0.2) is 72.9 Å². The second kappa shape index (κ2) is 8.98. The number of para-hydroxylation sites is 1. The number of hydrogen-bond donors (Lipinski definition) is 1. The van der Waals surface area contributed by atoms with Crippen LogP contribution in [0.2, 0.25) is 0 Å². The Bertz CT molecular complexity index is 1270. The highest BCUT2D eigenvalue weighted by Gasteiger charge is 2.14. The minimum Gasteiger partial charge on any atom is -0.367 e. The lowest BCUT2D eigenvalue weighted by molar-refractivity contribution is 0.102. The predicted molar refractivity (Wildman–Crippen MR) is 130 cm³/mol. The highest BCUT2D eigenvalue weighted by atomic mass is 32.2. The molecule has 1 amide bonds. The Morgan fingerprint density at radius 3 is 2.75 bits per heavy atom. The average molecular weight is 443 g/mol. The number of nitrogens with zero attached hydrogens (tertiary/aromatic N) is 3. The van der Waals surface area contributed by atoms with Gasteiger partial charge < -0.3 is 14.4 Å². The van der Waals surface area contributed by atoms with Crippen molar-refractivity contribution in [3.63, 3.8) is 0 Å². The second-order valence-corrected chi connectivity index (χ2v) is 8.48. The number of rotatable bonds is 4. The number of aryl methyl sites for hydroxylation is 1. The van der Waals surface area contributed by atoms with Gasteiger partial charge in [-0.2, -0.15) is 0 Å². The molecule has 4 aromatic rings. The molecule has 1 aromatic heterocycles. The monoisotopic (exact) mass is 442 g/mol. The van der Waals surface area contributed by atoms with Crippen LogP contribution in [-0.2, 0) is 4.74 Å². The van der Waals surface area contributed by atoms with Crippen molar-refractivity contribution >= 4 is 40.1 Å². The maximum atomic E-state index is 12.8. The quantitative estimate of drug-likeness (QED) is 0.433. The van der Waals surface area contributed by atoms with Crippen molar-refractivity contribution in [2.75, 3.05) is 28.7 Å². The molecule has 3 aromatic carbocycles. The first-order valence-electron chi connectivity index (χ1n) is 10.4. The summed E-state index contributed by atoms with van der Waals surface area (Å²) in [4.78, 5) is 22.1. The van der Waals surface area contributed by atoms with E-state index in [1.807, 2.05) is 79.9 Å². The topological polar surface area (TPSA) is 67.4 Å². The van der Waals surface area contributed by atoms with Gasteiger partial charge in [0, 0.05) is 34.1 Å². The van der Waals surface area contributed by atoms with Gasteiger partial charge in [-0.25, -0.2) is 9.97 Å². The summed E-state index contributed by atoms with van der Waals surface area (Å²) in [5.41, 5.74) is 5.22. The molecule has 160 valence electrons. The summed E-state index contributed by atoms with van der Waals surface area (Å²) in [6, 6.07) is 21.3. The van der Waals surface area contributed by atoms with Gasteiger partial charge in [0.05, 0.1) is 18.7 Å². The van der Waals surface area contributed by atoms with Crippen LogP contribution in [0.25, 0.3) is 22.3 Å². The van der Waals surface area contributed by atoms with Crippen molar-refractivity contribution in [3.8, 4) is 11.4 Å². The highest BCUT2D eigenvalue weighted by Crippen LogP contribution is 2.27. The van der Waals surface area contributed by atoms with Gasteiger partial charge in [-0.3, -0.25) is 4.79 Å². The van der Waals surface area contributed by atoms with Crippen LogP contribution in [0.5, 0.6) is 0 Å². The van der Waals surface area contributed by atoms with Gasteiger partial charge in [-0.15, -0.1) is 0 Å². The molecule has 0 bridgehead atoms. The molecule has 0 unspecified atom stereocenters. The molecule has 2 heterocycles. The number of benzene rings is 3. The summed E-state index contributed by atoms with van der Waals surface area (Å²) in [6.45, 7) is 3.56. The van der Waals surface area contributed by atoms with Crippen LogP contribution < -0.4 is 9.62 Å². The van der Waals surface area contributed by atoms with E-state index in [1.165, 1.54) is 0 Å². The van der Waals surface area contributed by atoms with E-state index < -0.39 is 0 Å². The first-order chi connectivity index (χ1) is 15.7. The molecule has 1 N–H and O–H groups in total. The molecule has 32 heavy (non-hydrogen) atoms. The zero-order chi connectivity index (χ0) is 21.9. The van der Waals surface area contributed by atoms with E-state index in [-0.39, 0.29) is 5.91 Å². The third-order valence-corrected chi connectivity index (χ3v) is 6.35. The van der Waals surface area contributed by atoms with Gasteiger partial charge in [0.2, 0.25) is 0 Å². The number of nitrogens with one attached hydrogen (secondary N) is 1. The molecule has 1 fully saturated rings. The van der Waals surface area contributed by atoms with Crippen LogP contribution >= 0.6 is 11.9 Å². The summed E-state index contributed by atoms with van der Waals surface area (Å²) in [5.74, 6) is 1.14. The van der Waals surface area contributed by atoms with Crippen molar-refractivity contribution in [2.45, 2.75) is 6.92 Å². The molecule has 5 rings (SSSR count). The van der Waals surface area contributed by atoms with Crippen molar-refractivity contribution in [3.05, 3.63) is 84.1 Å². The summed E-state index contributed by atoms with van der Waals surface area (Å²) in [6.07, 6.45) is 1.83. The second-order valence-electron chi connectivity index (χ2n) is 7.54. The lowest BCUT2D eigenvalue weighted by Crippen LogP contribution is -2.26. The zero-order valence-electron chi connectivity index (χ0n) is 17.6. The molecule has 0 spiro atoms. The largest absolute Gasteiger partial charge is 0.367 e. The minimum absolute atomic E-state index is 0.152. The number of fused-ring (bicyclic) bond motifs is 1. The number of aromatic nitrogens is 2. The van der Waals surface area contributed by atoms with E-state index in [9.17, 15) is 4.79 Å². The Morgan fingerprint density at radius 2 is 1.94 bits per heavy atom.